The van der Waals surface area contributed by atoms with E-state index in [2.05, 4.69) is 10.2 Å². The van der Waals surface area contributed by atoms with Gasteiger partial charge in [-0.25, -0.2) is 4.52 Å². The summed E-state index contributed by atoms with van der Waals surface area (Å²) in [5.41, 5.74) is 2.88. The fourth-order valence-corrected chi connectivity index (χ4v) is 4.31. The average molecular weight is 413 g/mol. The molecule has 0 spiro atoms. The summed E-state index contributed by atoms with van der Waals surface area (Å²) in [6, 6.07) is 7.82. The van der Waals surface area contributed by atoms with Crippen LogP contribution in [0.25, 0.3) is 5.52 Å². The summed E-state index contributed by atoms with van der Waals surface area (Å²) in [5, 5.41) is 19.3. The third-order valence-electron chi connectivity index (χ3n) is 4.99. The molecule has 0 bridgehead atoms. The molecule has 150 valence electrons. The lowest BCUT2D eigenvalue weighted by Gasteiger charge is -2.15. The Hall–Kier alpha value is -3.27. The van der Waals surface area contributed by atoms with E-state index in [0.29, 0.717) is 17.0 Å². The zero-order chi connectivity index (χ0) is 20.8. The Labute approximate surface area is 167 Å². The molecule has 0 radical (unpaired) electrons. The SMILES string of the molecule is Cc1ccc([N+](=O)[O-])cc1S(=O)(=O)N(C)/N=C\c1cnn2ccc(C3CC3)cc12. The number of hydrazone groups is 1. The van der Waals surface area contributed by atoms with Crippen LogP contribution in [0.4, 0.5) is 5.69 Å². The zero-order valence-electron chi connectivity index (χ0n) is 15.9. The first kappa shape index (κ1) is 19.1. The van der Waals surface area contributed by atoms with Crippen LogP contribution in [0.1, 0.15) is 35.4 Å². The normalized spacial score (nSPS) is 14.6. The van der Waals surface area contributed by atoms with Gasteiger partial charge in [0.15, 0.2) is 0 Å². The van der Waals surface area contributed by atoms with Gasteiger partial charge < -0.3 is 0 Å². The molecule has 3 aromatic rings. The van der Waals surface area contributed by atoms with E-state index in [0.717, 1.165) is 16.0 Å². The molecule has 0 unspecified atom stereocenters. The van der Waals surface area contributed by atoms with E-state index in [-0.39, 0.29) is 10.6 Å². The van der Waals surface area contributed by atoms with E-state index >= 15 is 0 Å². The van der Waals surface area contributed by atoms with Crippen LogP contribution in [0.5, 0.6) is 0 Å². The monoisotopic (exact) mass is 413 g/mol. The summed E-state index contributed by atoms with van der Waals surface area (Å²) >= 11 is 0. The highest BCUT2D eigenvalue weighted by Gasteiger charge is 2.25. The van der Waals surface area contributed by atoms with Crippen molar-refractivity contribution >= 4 is 27.4 Å². The summed E-state index contributed by atoms with van der Waals surface area (Å²) in [7, 11) is -2.74. The van der Waals surface area contributed by atoms with Gasteiger partial charge in [-0.1, -0.05) is 6.07 Å². The number of hydrogen-bond donors (Lipinski definition) is 0. The van der Waals surface area contributed by atoms with Crippen LogP contribution in [0.15, 0.2) is 52.7 Å². The predicted molar refractivity (Wildman–Crippen MR) is 108 cm³/mol. The third-order valence-corrected chi connectivity index (χ3v) is 6.78. The van der Waals surface area contributed by atoms with E-state index in [9.17, 15) is 18.5 Å². The van der Waals surface area contributed by atoms with E-state index in [1.807, 2.05) is 18.3 Å². The molecule has 1 aliphatic rings. The topological polar surface area (TPSA) is 110 Å². The number of rotatable bonds is 6. The van der Waals surface area contributed by atoms with Gasteiger partial charge >= 0.3 is 0 Å². The van der Waals surface area contributed by atoms with Gasteiger partial charge in [-0.05, 0) is 48.9 Å². The Morgan fingerprint density at radius 3 is 2.76 bits per heavy atom. The molecule has 0 saturated heterocycles. The van der Waals surface area contributed by atoms with Crippen molar-refractivity contribution in [3.63, 3.8) is 0 Å². The maximum Gasteiger partial charge on any atom is 0.279 e. The van der Waals surface area contributed by atoms with Crippen LogP contribution in [0.3, 0.4) is 0 Å². The van der Waals surface area contributed by atoms with Crippen LogP contribution >= 0.6 is 0 Å². The lowest BCUT2D eigenvalue weighted by atomic mass is 10.1. The standard InChI is InChI=1S/C19H19N5O4S/c1-13-3-6-17(24(25)26)10-19(13)29(27,28)22(2)20-11-16-12-21-23-8-7-15(9-18(16)23)14-4-5-14/h3,6-12,14H,4-5H2,1-2H3/b20-11-. The van der Waals surface area contributed by atoms with Crippen LogP contribution < -0.4 is 0 Å². The summed E-state index contributed by atoms with van der Waals surface area (Å²) in [6.45, 7) is 1.58. The van der Waals surface area contributed by atoms with Gasteiger partial charge in [-0.15, -0.1) is 0 Å². The largest absolute Gasteiger partial charge is 0.279 e. The molecule has 1 saturated carbocycles. The molecular formula is C19H19N5O4S. The smallest absolute Gasteiger partial charge is 0.258 e. The van der Waals surface area contributed by atoms with E-state index < -0.39 is 14.9 Å². The zero-order valence-corrected chi connectivity index (χ0v) is 16.7. The van der Waals surface area contributed by atoms with Crippen LogP contribution in [-0.2, 0) is 10.0 Å². The Balaban J connectivity index is 1.65. The van der Waals surface area contributed by atoms with Crippen LogP contribution in [-0.4, -0.2) is 40.6 Å². The Kier molecular flexibility index (Phi) is 4.58. The van der Waals surface area contributed by atoms with E-state index in [1.54, 1.807) is 17.6 Å². The number of nitrogens with zero attached hydrogens (tertiary/aromatic N) is 5. The van der Waals surface area contributed by atoms with E-state index in [1.165, 1.54) is 43.8 Å². The fraction of sp³-hybridized carbons (Fsp3) is 0.263. The number of aryl methyl sites for hydroxylation is 1. The van der Waals surface area contributed by atoms with E-state index in [4.69, 9.17) is 0 Å². The molecule has 10 heteroatoms. The average Bonchev–Trinajstić information content (AvgIpc) is 3.46. The Morgan fingerprint density at radius 1 is 1.31 bits per heavy atom. The fourth-order valence-electron chi connectivity index (χ4n) is 3.11. The van der Waals surface area contributed by atoms with Crippen molar-refractivity contribution < 1.29 is 13.3 Å². The molecule has 9 nitrogen and oxygen atoms in total. The predicted octanol–water partition coefficient (Wildman–Crippen LogP) is 3.08. The molecule has 0 amide bonds. The summed E-state index contributed by atoms with van der Waals surface area (Å²) < 4.78 is 28.3. The highest BCUT2D eigenvalue weighted by molar-refractivity contribution is 7.89. The lowest BCUT2D eigenvalue weighted by molar-refractivity contribution is -0.385. The van der Waals surface area contributed by atoms with Gasteiger partial charge in [-0.3, -0.25) is 10.1 Å². The van der Waals surface area contributed by atoms with Crippen molar-refractivity contribution in [1.29, 1.82) is 0 Å². The molecule has 0 N–H and O–H groups in total. The highest BCUT2D eigenvalue weighted by Crippen LogP contribution is 2.40. The number of nitro groups is 1. The minimum atomic E-state index is -4.04. The molecule has 4 rings (SSSR count). The first-order chi connectivity index (χ1) is 13.8. The number of aromatic nitrogens is 2. The molecule has 1 aliphatic carbocycles. The molecule has 1 aromatic carbocycles. The number of sulfonamides is 1. The second-order valence-electron chi connectivity index (χ2n) is 7.05. The number of fused-ring (bicyclic) bond motifs is 1. The number of non-ortho nitro benzene ring substituents is 1. The Bertz CT molecular complexity index is 1240. The molecule has 0 atom stereocenters. The van der Waals surface area contributed by atoms with Gasteiger partial charge in [0, 0.05) is 30.9 Å². The van der Waals surface area contributed by atoms with Crippen molar-refractivity contribution in [1.82, 2.24) is 14.0 Å². The maximum atomic E-state index is 12.9. The van der Waals surface area contributed by atoms with Gasteiger partial charge in [0.05, 0.1) is 27.7 Å². The summed E-state index contributed by atoms with van der Waals surface area (Å²) in [4.78, 5) is 10.2. The minimum absolute atomic E-state index is 0.151. The number of pyridine rings is 1. The van der Waals surface area contributed by atoms with Crippen molar-refractivity contribution in [3.8, 4) is 0 Å². The molecule has 2 heterocycles. The summed E-state index contributed by atoms with van der Waals surface area (Å²) in [5.74, 6) is 0.583. The van der Waals surface area contributed by atoms with Crippen LogP contribution in [0.2, 0.25) is 0 Å². The van der Waals surface area contributed by atoms with Gasteiger partial charge in [0.2, 0.25) is 0 Å². The van der Waals surface area contributed by atoms with Crippen LogP contribution in [0, 0.1) is 17.0 Å². The van der Waals surface area contributed by atoms with Crippen molar-refractivity contribution in [2.75, 3.05) is 7.05 Å². The number of nitro benzene ring substituents is 1. The molecule has 0 aliphatic heterocycles. The van der Waals surface area contributed by atoms with Gasteiger partial charge in [0.1, 0.15) is 0 Å². The van der Waals surface area contributed by atoms with Crippen molar-refractivity contribution in [3.05, 3.63) is 69.5 Å². The van der Waals surface area contributed by atoms with Gasteiger partial charge in [0.25, 0.3) is 15.7 Å². The number of hydrogen-bond acceptors (Lipinski definition) is 6. The van der Waals surface area contributed by atoms with Crippen molar-refractivity contribution in [2.45, 2.75) is 30.6 Å². The van der Waals surface area contributed by atoms with Gasteiger partial charge in [-0.2, -0.15) is 23.0 Å². The second-order valence-corrected chi connectivity index (χ2v) is 8.97. The second kappa shape index (κ2) is 6.96. The summed E-state index contributed by atoms with van der Waals surface area (Å²) in [6.07, 6.45) is 7.29. The molecular weight excluding hydrogens is 394 g/mol. The van der Waals surface area contributed by atoms with Crippen molar-refractivity contribution in [2.24, 2.45) is 5.10 Å². The first-order valence-corrected chi connectivity index (χ1v) is 10.5. The molecule has 2 aromatic heterocycles. The quantitative estimate of drug-likeness (QED) is 0.350. The maximum absolute atomic E-state index is 12.9. The third kappa shape index (κ3) is 3.58. The molecule has 1 fully saturated rings. The molecule has 29 heavy (non-hydrogen) atoms. The minimum Gasteiger partial charge on any atom is -0.258 e. The number of benzene rings is 1. The lowest BCUT2D eigenvalue weighted by Crippen LogP contribution is -2.22. The first-order valence-electron chi connectivity index (χ1n) is 9.02. The Morgan fingerprint density at radius 2 is 2.07 bits per heavy atom. The highest BCUT2D eigenvalue weighted by atomic mass is 32.2.